The summed E-state index contributed by atoms with van der Waals surface area (Å²) in [6, 6.07) is 24.6. The first-order valence-electron chi connectivity index (χ1n) is 12.6. The lowest BCUT2D eigenvalue weighted by Gasteiger charge is -2.32. The Morgan fingerprint density at radius 2 is 1.59 bits per heavy atom. The highest BCUT2D eigenvalue weighted by Crippen LogP contribution is 2.25. The third kappa shape index (κ3) is 9.41. The Morgan fingerprint density at radius 3 is 2.22 bits per heavy atom. The van der Waals surface area contributed by atoms with Gasteiger partial charge in [-0.25, -0.2) is 0 Å². The van der Waals surface area contributed by atoms with Gasteiger partial charge in [-0.05, 0) is 42.2 Å². The molecule has 37 heavy (non-hydrogen) atoms. The molecule has 7 heteroatoms. The fraction of sp³-hybridized carbons (Fsp3) is 0.333. The van der Waals surface area contributed by atoms with Gasteiger partial charge in [0.2, 0.25) is 11.8 Å². The van der Waals surface area contributed by atoms with Gasteiger partial charge in [-0.3, -0.25) is 9.59 Å². The smallest absolute Gasteiger partial charge is 0.243 e. The zero-order valence-corrected chi connectivity index (χ0v) is 23.7. The summed E-state index contributed by atoms with van der Waals surface area (Å²) < 4.78 is 0. The molecule has 3 rings (SSSR count). The highest BCUT2D eigenvalue weighted by atomic mass is 35.5. The molecule has 0 aliphatic rings. The van der Waals surface area contributed by atoms with Crippen LogP contribution >= 0.6 is 35.0 Å². The van der Waals surface area contributed by atoms with E-state index >= 15 is 0 Å². The van der Waals surface area contributed by atoms with Gasteiger partial charge in [0.15, 0.2) is 0 Å². The maximum Gasteiger partial charge on any atom is 0.243 e. The van der Waals surface area contributed by atoms with E-state index in [0.717, 1.165) is 23.3 Å². The number of carbonyl (C=O) groups excluding carboxylic acids is 2. The molecule has 4 nitrogen and oxygen atoms in total. The monoisotopic (exact) mass is 556 g/mol. The Morgan fingerprint density at radius 1 is 0.946 bits per heavy atom. The molecule has 196 valence electrons. The second kappa shape index (κ2) is 15.1. The molecule has 0 fully saturated rings. The molecule has 0 saturated heterocycles. The molecule has 0 bridgehead atoms. The van der Waals surface area contributed by atoms with Gasteiger partial charge in [-0.1, -0.05) is 96.9 Å². The number of amides is 2. The number of hydrogen-bond acceptors (Lipinski definition) is 3. The van der Waals surface area contributed by atoms with Gasteiger partial charge in [0.25, 0.3) is 0 Å². The summed E-state index contributed by atoms with van der Waals surface area (Å²) in [6.45, 7) is 4.22. The van der Waals surface area contributed by atoms with Crippen LogP contribution in [-0.4, -0.2) is 34.6 Å². The third-order valence-electron chi connectivity index (χ3n) is 6.20. The van der Waals surface area contributed by atoms with Crippen LogP contribution in [0.25, 0.3) is 0 Å². The van der Waals surface area contributed by atoms with E-state index in [1.165, 1.54) is 5.56 Å². The number of rotatable bonds is 13. The quantitative estimate of drug-likeness (QED) is 0.227. The van der Waals surface area contributed by atoms with Gasteiger partial charge in [-0.15, -0.1) is 0 Å². The largest absolute Gasteiger partial charge is 0.352 e. The van der Waals surface area contributed by atoms with Crippen molar-refractivity contribution < 1.29 is 9.59 Å². The topological polar surface area (TPSA) is 49.4 Å². The summed E-state index contributed by atoms with van der Waals surface area (Å²) in [6.07, 6.45) is 1.54. The predicted octanol–water partition coefficient (Wildman–Crippen LogP) is 7.17. The first-order chi connectivity index (χ1) is 17.9. The number of carbonyl (C=O) groups is 2. The number of thioether (sulfide) groups is 1. The molecule has 0 spiro atoms. The molecular weight excluding hydrogens is 523 g/mol. The maximum absolute atomic E-state index is 13.7. The fourth-order valence-electron chi connectivity index (χ4n) is 3.90. The number of nitrogens with zero attached hydrogens (tertiary/aromatic N) is 1. The minimum absolute atomic E-state index is 0.00303. The van der Waals surface area contributed by atoms with Crippen LogP contribution < -0.4 is 5.32 Å². The van der Waals surface area contributed by atoms with Crippen molar-refractivity contribution in [1.82, 2.24) is 10.2 Å². The van der Waals surface area contributed by atoms with Crippen molar-refractivity contribution in [2.75, 3.05) is 5.75 Å². The van der Waals surface area contributed by atoms with Crippen molar-refractivity contribution >= 4 is 46.8 Å². The first-order valence-corrected chi connectivity index (χ1v) is 14.5. The van der Waals surface area contributed by atoms with E-state index in [0.29, 0.717) is 28.6 Å². The lowest BCUT2D eigenvalue weighted by molar-refractivity contribution is -0.141. The Hall–Kier alpha value is -2.47. The molecule has 0 aliphatic carbocycles. The summed E-state index contributed by atoms with van der Waals surface area (Å²) in [5.41, 5.74) is 2.97. The fourth-order valence-corrected chi connectivity index (χ4v) is 5.26. The summed E-state index contributed by atoms with van der Waals surface area (Å²) >= 11 is 14.3. The van der Waals surface area contributed by atoms with Crippen LogP contribution in [0.3, 0.4) is 0 Å². The molecule has 0 saturated carbocycles. The van der Waals surface area contributed by atoms with E-state index in [9.17, 15) is 9.59 Å². The van der Waals surface area contributed by atoms with Crippen LogP contribution in [0.2, 0.25) is 10.0 Å². The van der Waals surface area contributed by atoms with E-state index in [4.69, 9.17) is 23.2 Å². The van der Waals surface area contributed by atoms with Crippen LogP contribution in [0.15, 0.2) is 78.9 Å². The first kappa shape index (κ1) is 29.1. The van der Waals surface area contributed by atoms with Crippen LogP contribution in [0.5, 0.6) is 0 Å². The van der Waals surface area contributed by atoms with Crippen LogP contribution in [0.4, 0.5) is 0 Å². The van der Waals surface area contributed by atoms with Crippen molar-refractivity contribution in [1.29, 1.82) is 0 Å². The Kier molecular flexibility index (Phi) is 11.8. The van der Waals surface area contributed by atoms with Crippen LogP contribution in [0, 0.1) is 0 Å². The Balaban J connectivity index is 1.84. The molecule has 2 amide bonds. The lowest BCUT2D eigenvalue weighted by atomic mass is 10.0. The second-order valence-corrected chi connectivity index (χ2v) is 11.0. The van der Waals surface area contributed by atoms with Gasteiger partial charge in [-0.2, -0.15) is 11.8 Å². The Bertz CT molecular complexity index is 1140. The zero-order chi connectivity index (χ0) is 26.6. The third-order valence-corrected chi connectivity index (χ3v) is 7.82. The van der Waals surface area contributed by atoms with E-state index in [1.54, 1.807) is 28.8 Å². The van der Waals surface area contributed by atoms with Crippen molar-refractivity contribution in [2.45, 2.75) is 57.5 Å². The van der Waals surface area contributed by atoms with Crippen LogP contribution in [-0.2, 0) is 28.3 Å². The minimum Gasteiger partial charge on any atom is -0.352 e. The van der Waals surface area contributed by atoms with E-state index < -0.39 is 6.04 Å². The molecule has 0 heterocycles. The highest BCUT2D eigenvalue weighted by Gasteiger charge is 2.31. The number of nitrogens with one attached hydrogen (secondary N) is 1. The number of halogens is 2. The van der Waals surface area contributed by atoms with E-state index in [-0.39, 0.29) is 24.4 Å². The van der Waals surface area contributed by atoms with Crippen molar-refractivity contribution in [3.63, 3.8) is 0 Å². The van der Waals surface area contributed by atoms with Gasteiger partial charge >= 0.3 is 0 Å². The average molecular weight is 558 g/mol. The molecule has 0 radical (unpaired) electrons. The number of hydrogen-bond donors (Lipinski definition) is 1. The van der Waals surface area contributed by atoms with Gasteiger partial charge in [0, 0.05) is 47.0 Å². The molecule has 3 aromatic carbocycles. The van der Waals surface area contributed by atoms with Crippen LogP contribution in [0.1, 0.15) is 43.4 Å². The molecule has 1 N–H and O–H groups in total. The molecule has 3 aromatic rings. The molecular formula is C30H34Cl2N2O2S. The second-order valence-electron chi connectivity index (χ2n) is 9.07. The van der Waals surface area contributed by atoms with E-state index in [2.05, 4.69) is 17.4 Å². The zero-order valence-electron chi connectivity index (χ0n) is 21.3. The van der Waals surface area contributed by atoms with Gasteiger partial charge in [0.1, 0.15) is 6.04 Å². The minimum atomic E-state index is -0.672. The molecule has 0 aromatic heterocycles. The van der Waals surface area contributed by atoms with E-state index in [1.807, 2.05) is 68.4 Å². The SMILES string of the molecule is CC[C@@H](C)NC(=O)[C@@H](Cc1ccccc1)N(Cc1ccc(Cl)cc1Cl)C(=O)CCSCc1ccccc1. The normalized spacial score (nSPS) is 12.5. The standard InChI is InChI=1S/C30H34Cl2N2O2S/c1-3-22(2)33-30(36)28(18-23-10-6-4-7-11-23)34(20-25-14-15-26(31)19-27(25)32)29(35)16-17-37-21-24-12-8-5-9-13-24/h4-15,19,22,28H,3,16-18,20-21H2,1-2H3,(H,33,36)/t22-,28-/m1/s1. The maximum atomic E-state index is 13.7. The average Bonchev–Trinajstić information content (AvgIpc) is 2.90. The number of benzene rings is 3. The van der Waals surface area contributed by atoms with Gasteiger partial charge in [0.05, 0.1) is 0 Å². The van der Waals surface area contributed by atoms with Crippen molar-refractivity contribution in [3.05, 3.63) is 106 Å². The predicted molar refractivity (Wildman–Crippen MR) is 156 cm³/mol. The van der Waals surface area contributed by atoms with Crippen molar-refractivity contribution in [2.24, 2.45) is 0 Å². The summed E-state index contributed by atoms with van der Waals surface area (Å²) in [7, 11) is 0. The Labute approximate surface area is 234 Å². The summed E-state index contributed by atoms with van der Waals surface area (Å²) in [5.74, 6) is 1.25. The molecule has 0 unspecified atom stereocenters. The van der Waals surface area contributed by atoms with Gasteiger partial charge < -0.3 is 10.2 Å². The highest BCUT2D eigenvalue weighted by molar-refractivity contribution is 7.98. The summed E-state index contributed by atoms with van der Waals surface area (Å²) in [5, 5.41) is 4.09. The summed E-state index contributed by atoms with van der Waals surface area (Å²) in [4.78, 5) is 28.9. The molecule has 2 atom stereocenters. The van der Waals surface area contributed by atoms with Crippen molar-refractivity contribution in [3.8, 4) is 0 Å². The lowest BCUT2D eigenvalue weighted by Crippen LogP contribution is -2.52. The molecule has 0 aliphatic heterocycles.